The number of likely N-dealkylation sites (tertiary alicyclic amines) is 1. The molecule has 4 rings (SSSR count). The Hall–Kier alpha value is -3.42. The third-order valence-corrected chi connectivity index (χ3v) is 6.54. The van der Waals surface area contributed by atoms with Gasteiger partial charge >= 0.3 is 0 Å². The molecule has 2 heterocycles. The lowest BCUT2D eigenvalue weighted by Gasteiger charge is -2.24. The van der Waals surface area contributed by atoms with Crippen molar-refractivity contribution < 1.29 is 10.0 Å². The number of rotatable bonds is 7. The summed E-state index contributed by atoms with van der Waals surface area (Å²) in [5.74, 6) is -0.552. The van der Waals surface area contributed by atoms with E-state index in [4.69, 9.17) is 5.21 Å². The van der Waals surface area contributed by atoms with Crippen LogP contribution in [-0.4, -0.2) is 38.5 Å². The van der Waals surface area contributed by atoms with E-state index in [0.717, 1.165) is 48.4 Å². The van der Waals surface area contributed by atoms with Gasteiger partial charge in [0.1, 0.15) is 0 Å². The van der Waals surface area contributed by atoms with Crippen LogP contribution in [0.1, 0.15) is 41.3 Å². The smallest absolute Gasteiger partial charge is 0.274 e. The molecule has 3 aromatic rings. The summed E-state index contributed by atoms with van der Waals surface area (Å²) >= 11 is 0. The van der Waals surface area contributed by atoms with Crippen LogP contribution in [0.5, 0.6) is 0 Å². The minimum atomic E-state index is -0.552. The normalized spacial score (nSPS) is 16.5. The maximum absolute atomic E-state index is 13.2. The highest BCUT2D eigenvalue weighted by atomic mass is 16.5. The minimum Gasteiger partial charge on any atom is -0.296 e. The standard InChI is InChI=1S/C26H30N4O3/c1-19-23(26(32)30(28(19)2)22-7-4-3-5-8-22)16-18-29-17-6-9-24(29)21-13-10-20(11-14-21)12-15-25(31)27-33/h3-5,7-8,10-15,24,33H,6,9,16-18H2,1-2H3,(H,27,31)/b15-12+/t24-/m0/s1. The number of benzene rings is 2. The fourth-order valence-electron chi connectivity index (χ4n) is 4.68. The molecule has 172 valence electrons. The molecule has 0 bridgehead atoms. The van der Waals surface area contributed by atoms with E-state index in [-0.39, 0.29) is 5.56 Å². The van der Waals surface area contributed by atoms with E-state index in [0.29, 0.717) is 12.5 Å². The maximum Gasteiger partial charge on any atom is 0.274 e. The van der Waals surface area contributed by atoms with Crippen LogP contribution in [0.2, 0.25) is 0 Å². The van der Waals surface area contributed by atoms with Crippen LogP contribution in [0, 0.1) is 6.92 Å². The summed E-state index contributed by atoms with van der Waals surface area (Å²) in [6.45, 7) is 3.86. The number of hydrogen-bond donors (Lipinski definition) is 2. The molecule has 0 aliphatic carbocycles. The summed E-state index contributed by atoms with van der Waals surface area (Å²) in [6, 6.07) is 18.2. The lowest BCUT2D eigenvalue weighted by molar-refractivity contribution is -0.124. The lowest BCUT2D eigenvalue weighted by Crippen LogP contribution is -2.28. The van der Waals surface area contributed by atoms with Gasteiger partial charge in [-0.15, -0.1) is 0 Å². The molecule has 2 N–H and O–H groups in total. The summed E-state index contributed by atoms with van der Waals surface area (Å²) in [5, 5.41) is 8.59. The number of hydrogen-bond acceptors (Lipinski definition) is 4. The number of carbonyl (C=O) groups is 1. The van der Waals surface area contributed by atoms with Crippen LogP contribution in [-0.2, 0) is 18.3 Å². The molecule has 0 saturated carbocycles. The van der Waals surface area contributed by atoms with Crippen molar-refractivity contribution in [1.29, 1.82) is 0 Å². The first-order valence-corrected chi connectivity index (χ1v) is 11.3. The van der Waals surface area contributed by atoms with Gasteiger partial charge in [-0.05, 0) is 62.1 Å². The average molecular weight is 447 g/mol. The molecular weight excluding hydrogens is 416 g/mol. The Balaban J connectivity index is 1.48. The Morgan fingerprint density at radius 3 is 2.58 bits per heavy atom. The fourth-order valence-corrected chi connectivity index (χ4v) is 4.68. The molecule has 1 atom stereocenters. The first-order valence-electron chi connectivity index (χ1n) is 11.3. The van der Waals surface area contributed by atoms with E-state index in [9.17, 15) is 9.59 Å². The molecule has 1 aliphatic heterocycles. The maximum atomic E-state index is 13.2. The quantitative estimate of drug-likeness (QED) is 0.331. The van der Waals surface area contributed by atoms with E-state index >= 15 is 0 Å². The van der Waals surface area contributed by atoms with Crippen LogP contribution in [0.4, 0.5) is 0 Å². The van der Waals surface area contributed by atoms with E-state index < -0.39 is 5.91 Å². The van der Waals surface area contributed by atoms with Crippen LogP contribution in [0.15, 0.2) is 65.5 Å². The molecule has 33 heavy (non-hydrogen) atoms. The first-order chi connectivity index (χ1) is 16.0. The highest BCUT2D eigenvalue weighted by Gasteiger charge is 2.26. The summed E-state index contributed by atoms with van der Waals surface area (Å²) < 4.78 is 3.69. The van der Waals surface area contributed by atoms with Crippen molar-refractivity contribution in [3.05, 3.63) is 93.4 Å². The second-order valence-electron chi connectivity index (χ2n) is 8.46. The molecule has 2 aromatic carbocycles. The van der Waals surface area contributed by atoms with Crippen molar-refractivity contribution in [2.24, 2.45) is 7.05 Å². The Kier molecular flexibility index (Phi) is 6.91. The highest BCUT2D eigenvalue weighted by molar-refractivity contribution is 5.90. The van der Waals surface area contributed by atoms with Gasteiger partial charge in [-0.2, -0.15) is 0 Å². The van der Waals surface area contributed by atoms with E-state index in [1.807, 2.05) is 61.1 Å². The molecule has 1 amide bonds. The molecule has 7 nitrogen and oxygen atoms in total. The Morgan fingerprint density at radius 1 is 1.15 bits per heavy atom. The largest absolute Gasteiger partial charge is 0.296 e. The van der Waals surface area contributed by atoms with Crippen LogP contribution < -0.4 is 11.0 Å². The molecule has 0 spiro atoms. The third kappa shape index (κ3) is 4.84. The molecular formula is C26H30N4O3. The van der Waals surface area contributed by atoms with E-state index in [1.54, 1.807) is 16.2 Å². The monoisotopic (exact) mass is 446 g/mol. The van der Waals surface area contributed by atoms with Gasteiger partial charge in [0.05, 0.1) is 5.69 Å². The molecule has 1 aromatic heterocycles. The molecule has 1 aliphatic rings. The predicted octanol–water partition coefficient (Wildman–Crippen LogP) is 3.38. The van der Waals surface area contributed by atoms with Crippen molar-refractivity contribution in [3.63, 3.8) is 0 Å². The third-order valence-electron chi connectivity index (χ3n) is 6.54. The number of nitrogens with one attached hydrogen (secondary N) is 1. The summed E-state index contributed by atoms with van der Waals surface area (Å²) in [6.07, 6.45) is 5.89. The molecule has 1 fully saturated rings. The molecule has 1 saturated heterocycles. The SMILES string of the molecule is Cc1c(CCN2CCC[C@H]2c2ccc(/C=C/C(=O)NO)cc2)c(=O)n(-c2ccccc2)n1C. The minimum absolute atomic E-state index is 0.0556. The number of para-hydroxylation sites is 1. The summed E-state index contributed by atoms with van der Waals surface area (Å²) in [7, 11) is 1.94. The van der Waals surface area contributed by atoms with Crippen molar-refractivity contribution in [2.45, 2.75) is 32.2 Å². The molecule has 0 radical (unpaired) electrons. The predicted molar refractivity (Wildman–Crippen MR) is 128 cm³/mol. The lowest BCUT2D eigenvalue weighted by atomic mass is 10.0. The number of aromatic nitrogens is 2. The zero-order chi connectivity index (χ0) is 23.4. The number of hydroxylamine groups is 1. The van der Waals surface area contributed by atoms with Gasteiger partial charge in [-0.25, -0.2) is 10.2 Å². The Labute approximate surface area is 193 Å². The van der Waals surface area contributed by atoms with Crippen LogP contribution in [0.3, 0.4) is 0 Å². The van der Waals surface area contributed by atoms with Gasteiger partial charge in [0.2, 0.25) is 0 Å². The van der Waals surface area contributed by atoms with Crippen LogP contribution in [0.25, 0.3) is 11.8 Å². The Morgan fingerprint density at radius 2 is 1.88 bits per heavy atom. The van der Waals surface area contributed by atoms with Gasteiger partial charge < -0.3 is 0 Å². The van der Waals surface area contributed by atoms with Gasteiger partial charge in [0.25, 0.3) is 11.5 Å². The van der Waals surface area contributed by atoms with E-state index in [2.05, 4.69) is 17.0 Å². The van der Waals surface area contributed by atoms with Gasteiger partial charge in [-0.3, -0.25) is 24.4 Å². The number of nitrogens with zero attached hydrogens (tertiary/aromatic N) is 3. The van der Waals surface area contributed by atoms with Crippen molar-refractivity contribution in [3.8, 4) is 5.69 Å². The van der Waals surface area contributed by atoms with Gasteiger partial charge in [0, 0.05) is 37.0 Å². The zero-order valence-electron chi connectivity index (χ0n) is 19.1. The van der Waals surface area contributed by atoms with Gasteiger partial charge in [0.15, 0.2) is 0 Å². The highest BCUT2D eigenvalue weighted by Crippen LogP contribution is 2.32. The summed E-state index contributed by atoms with van der Waals surface area (Å²) in [5.41, 5.74) is 6.53. The van der Waals surface area contributed by atoms with Crippen molar-refractivity contribution >= 4 is 12.0 Å². The zero-order valence-corrected chi connectivity index (χ0v) is 19.1. The second kappa shape index (κ2) is 10.0. The Bertz CT molecular complexity index is 1190. The first kappa shape index (κ1) is 22.8. The number of carbonyl (C=O) groups excluding carboxylic acids is 1. The topological polar surface area (TPSA) is 79.5 Å². The second-order valence-corrected chi connectivity index (χ2v) is 8.46. The molecule has 7 heteroatoms. The average Bonchev–Trinajstić information content (AvgIpc) is 3.39. The van der Waals surface area contributed by atoms with E-state index in [1.165, 1.54) is 11.6 Å². The van der Waals surface area contributed by atoms with Crippen molar-refractivity contribution in [1.82, 2.24) is 19.7 Å². The summed E-state index contributed by atoms with van der Waals surface area (Å²) in [4.78, 5) is 26.8. The fraction of sp³-hybridized carbons (Fsp3) is 0.308. The van der Waals surface area contributed by atoms with Gasteiger partial charge in [-0.1, -0.05) is 42.5 Å². The van der Waals surface area contributed by atoms with Crippen molar-refractivity contribution in [2.75, 3.05) is 13.1 Å². The van der Waals surface area contributed by atoms with Crippen LogP contribution >= 0.6 is 0 Å². The number of amides is 1. The molecule has 0 unspecified atom stereocenters.